The minimum absolute atomic E-state index is 0.731. The van der Waals surface area contributed by atoms with Gasteiger partial charge in [0.05, 0.1) is 13.2 Å². The minimum atomic E-state index is 0.731. The molecule has 78 valence electrons. The number of ether oxygens (including phenoxy) is 2. The van der Waals surface area contributed by atoms with E-state index in [0.29, 0.717) is 0 Å². The summed E-state index contributed by atoms with van der Waals surface area (Å²) in [4.78, 5) is 0. The molecule has 13 heavy (non-hydrogen) atoms. The van der Waals surface area contributed by atoms with Crippen LogP contribution in [0.5, 0.6) is 0 Å². The molecule has 0 amide bonds. The van der Waals surface area contributed by atoms with Gasteiger partial charge in [-0.3, -0.25) is 0 Å². The molecule has 0 spiro atoms. The summed E-state index contributed by atoms with van der Waals surface area (Å²) in [6.07, 6.45) is 5.07. The third kappa shape index (κ3) is 11.6. The molecule has 0 aromatic rings. The molecule has 0 aromatic heterocycles. The van der Waals surface area contributed by atoms with E-state index in [1.54, 1.807) is 7.11 Å². The van der Waals surface area contributed by atoms with Crippen LogP contribution in [-0.2, 0) is 9.47 Å². The maximum Gasteiger partial charge on any atom is 0.0647 e. The zero-order valence-corrected chi connectivity index (χ0v) is 8.71. The molecule has 0 fully saturated rings. The van der Waals surface area contributed by atoms with E-state index in [1.165, 1.54) is 0 Å². The molecule has 0 aliphatic heterocycles. The van der Waals surface area contributed by atoms with Crippen LogP contribution in [0.25, 0.3) is 0 Å². The summed E-state index contributed by atoms with van der Waals surface area (Å²) in [6, 6.07) is 0. The fourth-order valence-corrected chi connectivity index (χ4v) is 0.846. The fraction of sp³-hybridized carbons (Fsp3) is 0.800. The van der Waals surface area contributed by atoms with E-state index in [4.69, 9.17) is 9.47 Å². The first-order chi connectivity index (χ1) is 6.41. The molecule has 0 unspecified atom stereocenters. The molecule has 0 aromatic carbocycles. The molecule has 3 nitrogen and oxygen atoms in total. The van der Waals surface area contributed by atoms with Crippen LogP contribution < -0.4 is 5.32 Å². The summed E-state index contributed by atoms with van der Waals surface area (Å²) >= 11 is 0. The highest BCUT2D eigenvalue weighted by Crippen LogP contribution is 1.82. The molecule has 0 saturated carbocycles. The normalized spacial score (nSPS) is 11.2. The van der Waals surface area contributed by atoms with E-state index >= 15 is 0 Å². The summed E-state index contributed by atoms with van der Waals surface area (Å²) in [5.41, 5.74) is 0. The zero-order valence-electron chi connectivity index (χ0n) is 8.71. The van der Waals surface area contributed by atoms with Gasteiger partial charge in [-0.15, -0.1) is 0 Å². The number of methoxy groups -OCH3 is 1. The second-order valence-electron chi connectivity index (χ2n) is 2.74. The van der Waals surface area contributed by atoms with Gasteiger partial charge in [0.15, 0.2) is 0 Å². The predicted octanol–water partition coefficient (Wildman–Crippen LogP) is 1.21. The molecule has 0 rings (SSSR count). The molecule has 0 aliphatic carbocycles. The van der Waals surface area contributed by atoms with Gasteiger partial charge in [-0.25, -0.2) is 0 Å². The van der Waals surface area contributed by atoms with Crippen LogP contribution >= 0.6 is 0 Å². The summed E-state index contributed by atoms with van der Waals surface area (Å²) in [5.74, 6) is 0. The Balaban J connectivity index is 2.83. The van der Waals surface area contributed by atoms with Crippen LogP contribution in [0.15, 0.2) is 12.2 Å². The van der Waals surface area contributed by atoms with Gasteiger partial charge < -0.3 is 14.8 Å². The highest BCUT2D eigenvalue weighted by atomic mass is 16.5. The van der Waals surface area contributed by atoms with Gasteiger partial charge >= 0.3 is 0 Å². The summed E-state index contributed by atoms with van der Waals surface area (Å²) in [5, 5.41) is 3.25. The molecule has 0 saturated heterocycles. The van der Waals surface area contributed by atoms with E-state index < -0.39 is 0 Å². The van der Waals surface area contributed by atoms with Crippen molar-refractivity contribution in [1.29, 1.82) is 0 Å². The van der Waals surface area contributed by atoms with Crippen molar-refractivity contribution in [3.05, 3.63) is 12.2 Å². The van der Waals surface area contributed by atoms with Crippen LogP contribution in [0.3, 0.4) is 0 Å². The third-order valence-electron chi connectivity index (χ3n) is 1.57. The molecular weight excluding hydrogens is 166 g/mol. The number of nitrogens with one attached hydrogen (secondary N) is 1. The maximum absolute atomic E-state index is 5.32. The summed E-state index contributed by atoms with van der Waals surface area (Å²) < 4.78 is 10.2. The largest absolute Gasteiger partial charge is 0.383 e. The lowest BCUT2D eigenvalue weighted by molar-refractivity contribution is 0.157. The van der Waals surface area contributed by atoms with Crippen molar-refractivity contribution < 1.29 is 9.47 Å². The number of hydrogen-bond acceptors (Lipinski definition) is 3. The Morgan fingerprint density at radius 2 is 2.08 bits per heavy atom. The molecule has 0 atom stereocenters. The first kappa shape index (κ1) is 12.6. The second kappa shape index (κ2) is 11.6. The molecule has 0 bridgehead atoms. The van der Waals surface area contributed by atoms with Crippen molar-refractivity contribution in [3.8, 4) is 0 Å². The summed E-state index contributed by atoms with van der Waals surface area (Å²) in [6.45, 7) is 6.25. The number of rotatable bonds is 9. The Morgan fingerprint density at radius 1 is 1.23 bits per heavy atom. The van der Waals surface area contributed by atoms with Gasteiger partial charge in [0.2, 0.25) is 0 Å². The fourth-order valence-electron chi connectivity index (χ4n) is 0.846. The predicted molar refractivity (Wildman–Crippen MR) is 55.0 cm³/mol. The van der Waals surface area contributed by atoms with Gasteiger partial charge in [0.1, 0.15) is 0 Å². The van der Waals surface area contributed by atoms with Gasteiger partial charge in [-0.05, 0) is 19.9 Å². The van der Waals surface area contributed by atoms with Gasteiger partial charge in [-0.2, -0.15) is 0 Å². The smallest absolute Gasteiger partial charge is 0.0647 e. The topological polar surface area (TPSA) is 30.5 Å². The lowest BCUT2D eigenvalue weighted by Gasteiger charge is -2.03. The van der Waals surface area contributed by atoms with E-state index in [0.717, 1.165) is 39.3 Å². The van der Waals surface area contributed by atoms with E-state index in [-0.39, 0.29) is 0 Å². The van der Waals surface area contributed by atoms with E-state index in [9.17, 15) is 0 Å². The van der Waals surface area contributed by atoms with Gasteiger partial charge in [0, 0.05) is 20.3 Å². The lowest BCUT2D eigenvalue weighted by atomic mass is 10.4. The average molecular weight is 187 g/mol. The van der Waals surface area contributed by atoms with Crippen molar-refractivity contribution in [1.82, 2.24) is 5.32 Å². The highest BCUT2D eigenvalue weighted by molar-refractivity contribution is 4.75. The third-order valence-corrected chi connectivity index (χ3v) is 1.57. The molecular formula is C10H21NO2. The number of allylic oxidation sites excluding steroid dienone is 1. The first-order valence-electron chi connectivity index (χ1n) is 4.80. The van der Waals surface area contributed by atoms with Crippen LogP contribution in [-0.4, -0.2) is 40.0 Å². The Labute approximate surface area is 81.1 Å². The van der Waals surface area contributed by atoms with Crippen LogP contribution in [0.4, 0.5) is 0 Å². The lowest BCUT2D eigenvalue weighted by Crippen LogP contribution is -2.21. The molecule has 0 heterocycles. The van der Waals surface area contributed by atoms with Gasteiger partial charge in [0.25, 0.3) is 0 Å². The van der Waals surface area contributed by atoms with E-state index in [2.05, 4.69) is 5.32 Å². The second-order valence-corrected chi connectivity index (χ2v) is 2.74. The Kier molecular flexibility index (Phi) is 11.3. The highest BCUT2D eigenvalue weighted by Gasteiger charge is 1.87. The van der Waals surface area contributed by atoms with Crippen LogP contribution in [0, 0.1) is 0 Å². The summed E-state index contributed by atoms with van der Waals surface area (Å²) in [7, 11) is 1.71. The van der Waals surface area contributed by atoms with E-state index in [1.807, 2.05) is 19.1 Å². The Bertz CT molecular complexity index is 115. The quantitative estimate of drug-likeness (QED) is 0.434. The van der Waals surface area contributed by atoms with Gasteiger partial charge in [-0.1, -0.05) is 12.2 Å². The van der Waals surface area contributed by atoms with Crippen molar-refractivity contribution in [2.75, 3.05) is 40.0 Å². The van der Waals surface area contributed by atoms with Crippen LogP contribution in [0.1, 0.15) is 13.3 Å². The standard InChI is InChI=1S/C10H21NO2/c1-3-4-8-13-9-5-6-11-7-10-12-2/h3-4,11H,5-10H2,1-2H3. The molecule has 3 heteroatoms. The molecule has 0 aliphatic rings. The molecule has 0 radical (unpaired) electrons. The monoisotopic (exact) mass is 187 g/mol. The SMILES string of the molecule is CC=CCOCCCNCCOC. The first-order valence-corrected chi connectivity index (χ1v) is 4.80. The average Bonchev–Trinajstić information content (AvgIpc) is 2.16. The Morgan fingerprint density at radius 3 is 2.77 bits per heavy atom. The molecule has 1 N–H and O–H groups in total. The minimum Gasteiger partial charge on any atom is -0.383 e. The maximum atomic E-state index is 5.32. The van der Waals surface area contributed by atoms with Crippen molar-refractivity contribution in [2.45, 2.75) is 13.3 Å². The number of hydrogen-bond donors (Lipinski definition) is 1. The van der Waals surface area contributed by atoms with Crippen LogP contribution in [0.2, 0.25) is 0 Å². The zero-order chi connectivity index (χ0) is 9.78. The van der Waals surface area contributed by atoms with Crippen molar-refractivity contribution in [3.63, 3.8) is 0 Å². The van der Waals surface area contributed by atoms with Crippen molar-refractivity contribution in [2.24, 2.45) is 0 Å². The Hall–Kier alpha value is -0.380. The van der Waals surface area contributed by atoms with Crippen molar-refractivity contribution >= 4 is 0 Å².